The maximum atomic E-state index is 11.5. The van der Waals surface area contributed by atoms with Crippen molar-refractivity contribution in [3.05, 3.63) is 23.8 Å². The molecule has 8 heteroatoms. The van der Waals surface area contributed by atoms with Gasteiger partial charge in [0.15, 0.2) is 0 Å². The topological polar surface area (TPSA) is 93.1 Å². The van der Waals surface area contributed by atoms with Gasteiger partial charge in [0.1, 0.15) is 11.5 Å². The molecule has 1 aliphatic heterocycles. The van der Waals surface area contributed by atoms with Crippen LogP contribution in [0.4, 0.5) is 5.69 Å². The molecule has 0 saturated heterocycles. The third-order valence-corrected chi connectivity index (χ3v) is 4.52. The van der Waals surface area contributed by atoms with Crippen molar-refractivity contribution >= 4 is 21.8 Å². The summed E-state index contributed by atoms with van der Waals surface area (Å²) in [4.78, 5) is 11.3. The van der Waals surface area contributed by atoms with E-state index in [-0.39, 0.29) is 11.5 Å². The average Bonchev–Trinajstić information content (AvgIpc) is 2.65. The van der Waals surface area contributed by atoms with Gasteiger partial charge in [-0.2, -0.15) is 8.42 Å². The molecule has 1 unspecified atom stereocenters. The summed E-state index contributed by atoms with van der Waals surface area (Å²) in [7, 11) is -3.02. The third-order valence-electron chi connectivity index (χ3n) is 3.63. The van der Waals surface area contributed by atoms with Crippen LogP contribution < -0.4 is 9.04 Å². The first-order chi connectivity index (χ1) is 10.1. The van der Waals surface area contributed by atoms with Crippen molar-refractivity contribution < 1.29 is 27.2 Å². The van der Waals surface area contributed by atoms with Crippen molar-refractivity contribution in [2.24, 2.45) is 0 Å². The summed E-state index contributed by atoms with van der Waals surface area (Å²) >= 11 is 0. The number of benzene rings is 1. The molecular weight excluding hydrogens is 310 g/mol. The van der Waals surface area contributed by atoms with Crippen LogP contribution in [0.25, 0.3) is 0 Å². The summed E-state index contributed by atoms with van der Waals surface area (Å²) < 4.78 is 44.0. The summed E-state index contributed by atoms with van der Waals surface area (Å²) in [6.07, 6.45) is -0.496. The Morgan fingerprint density at radius 2 is 2.09 bits per heavy atom. The molecule has 22 heavy (non-hydrogen) atoms. The lowest BCUT2D eigenvalue weighted by atomic mass is 9.85. The fourth-order valence-electron chi connectivity index (χ4n) is 2.52. The number of ether oxygens (including phenoxy) is 2. The number of methoxy groups -OCH3 is 1. The van der Waals surface area contributed by atoms with Gasteiger partial charge in [0.05, 0.1) is 17.6 Å². The van der Waals surface area contributed by atoms with Gasteiger partial charge >= 0.3 is 10.3 Å². The van der Waals surface area contributed by atoms with E-state index in [9.17, 15) is 17.8 Å². The summed E-state index contributed by atoms with van der Waals surface area (Å²) in [6, 6.07) is 4.67. The SMILES string of the molecule is COC1Oc2ccc(N(CC(C)=O)S(=O)(=O)O)cc2C1(C)C. The number of rotatable bonds is 5. The molecule has 1 aliphatic rings. The van der Waals surface area contributed by atoms with Gasteiger partial charge in [0.2, 0.25) is 6.29 Å². The van der Waals surface area contributed by atoms with Crippen LogP contribution in [0.3, 0.4) is 0 Å². The molecule has 0 radical (unpaired) electrons. The molecule has 0 fully saturated rings. The molecule has 1 atom stereocenters. The number of carbonyl (C=O) groups is 1. The second kappa shape index (κ2) is 5.53. The van der Waals surface area contributed by atoms with E-state index < -0.39 is 28.6 Å². The van der Waals surface area contributed by atoms with Gasteiger partial charge in [0, 0.05) is 12.7 Å². The molecule has 1 aromatic rings. The normalized spacial score (nSPS) is 19.4. The number of Topliss-reactive ketones (excluding diaryl/α,β-unsaturated/α-hetero) is 1. The van der Waals surface area contributed by atoms with Crippen LogP contribution in [-0.2, 0) is 25.3 Å². The first kappa shape index (κ1) is 16.7. The molecular formula is C14H19NO6S. The molecule has 0 aliphatic carbocycles. The van der Waals surface area contributed by atoms with E-state index in [0.29, 0.717) is 10.1 Å². The number of ketones is 1. The monoisotopic (exact) mass is 329 g/mol. The number of hydrogen-bond acceptors (Lipinski definition) is 5. The van der Waals surface area contributed by atoms with Crippen LogP contribution in [0.5, 0.6) is 5.75 Å². The van der Waals surface area contributed by atoms with Crippen molar-refractivity contribution in [2.45, 2.75) is 32.5 Å². The second-order valence-corrected chi connectivity index (χ2v) is 7.11. The van der Waals surface area contributed by atoms with E-state index in [4.69, 9.17) is 9.47 Å². The molecule has 0 aromatic heterocycles. The average molecular weight is 329 g/mol. The standard InChI is InChI=1S/C14H19NO6S/c1-9(16)8-15(22(17,18)19)10-5-6-12-11(7-10)14(2,3)13(20-4)21-12/h5-7,13H,8H2,1-4H3,(H,17,18,19). The molecule has 122 valence electrons. The lowest BCUT2D eigenvalue weighted by Crippen LogP contribution is -2.35. The zero-order valence-electron chi connectivity index (χ0n) is 12.9. The Morgan fingerprint density at radius 1 is 1.45 bits per heavy atom. The number of carbonyl (C=O) groups excluding carboxylic acids is 1. The van der Waals surface area contributed by atoms with Gasteiger partial charge in [0.25, 0.3) is 0 Å². The maximum absolute atomic E-state index is 11.5. The Labute approximate surface area is 129 Å². The fraction of sp³-hybridized carbons (Fsp3) is 0.500. The smallest absolute Gasteiger partial charge is 0.360 e. The molecule has 0 bridgehead atoms. The summed E-state index contributed by atoms with van der Waals surface area (Å²) in [6.45, 7) is 4.62. The highest BCUT2D eigenvalue weighted by atomic mass is 32.2. The van der Waals surface area contributed by atoms with Crippen molar-refractivity contribution in [2.75, 3.05) is 18.0 Å². The lowest BCUT2D eigenvalue weighted by Gasteiger charge is -2.25. The number of anilines is 1. The molecule has 0 amide bonds. The van der Waals surface area contributed by atoms with Crippen molar-refractivity contribution in [3.8, 4) is 5.75 Å². The molecule has 1 N–H and O–H groups in total. The quantitative estimate of drug-likeness (QED) is 0.824. The lowest BCUT2D eigenvalue weighted by molar-refractivity contribution is -0.115. The van der Waals surface area contributed by atoms with Gasteiger partial charge in [-0.1, -0.05) is 0 Å². The third kappa shape index (κ3) is 2.94. The Hall–Kier alpha value is -1.64. The van der Waals surface area contributed by atoms with Crippen LogP contribution in [0, 0.1) is 0 Å². The largest absolute Gasteiger partial charge is 0.464 e. The zero-order chi connectivity index (χ0) is 16.7. The number of nitrogens with zero attached hydrogens (tertiary/aromatic N) is 1. The molecule has 2 rings (SSSR count). The number of fused-ring (bicyclic) bond motifs is 1. The minimum Gasteiger partial charge on any atom is -0.464 e. The molecule has 1 heterocycles. The highest BCUT2D eigenvalue weighted by Crippen LogP contribution is 2.44. The Balaban J connectivity index is 2.50. The predicted molar refractivity (Wildman–Crippen MR) is 80.5 cm³/mol. The minimum atomic E-state index is -4.55. The van der Waals surface area contributed by atoms with Crippen LogP contribution in [0.1, 0.15) is 26.3 Å². The van der Waals surface area contributed by atoms with Crippen molar-refractivity contribution in [1.29, 1.82) is 0 Å². The van der Waals surface area contributed by atoms with E-state index in [2.05, 4.69) is 0 Å². The first-order valence-corrected chi connectivity index (χ1v) is 8.05. The summed E-state index contributed by atoms with van der Waals surface area (Å²) in [5.74, 6) is 0.196. The maximum Gasteiger partial charge on any atom is 0.360 e. The van der Waals surface area contributed by atoms with Crippen molar-refractivity contribution in [3.63, 3.8) is 0 Å². The van der Waals surface area contributed by atoms with Gasteiger partial charge in [-0.25, -0.2) is 4.31 Å². The van der Waals surface area contributed by atoms with E-state index in [0.717, 1.165) is 5.56 Å². The van der Waals surface area contributed by atoms with E-state index in [1.54, 1.807) is 12.1 Å². The van der Waals surface area contributed by atoms with E-state index in [1.807, 2.05) is 13.8 Å². The highest BCUT2D eigenvalue weighted by Gasteiger charge is 2.42. The van der Waals surface area contributed by atoms with Gasteiger partial charge in [-0.3, -0.25) is 9.35 Å². The van der Waals surface area contributed by atoms with Crippen molar-refractivity contribution in [1.82, 2.24) is 0 Å². The zero-order valence-corrected chi connectivity index (χ0v) is 13.7. The minimum absolute atomic E-state index is 0.199. The first-order valence-electron chi connectivity index (χ1n) is 6.66. The predicted octanol–water partition coefficient (Wildman–Crippen LogP) is 1.53. The van der Waals surface area contributed by atoms with Gasteiger partial charge in [-0.05, 0) is 39.0 Å². The Bertz CT molecular complexity index is 697. The summed E-state index contributed by atoms with van der Waals surface area (Å²) in [5.41, 5.74) is 0.445. The molecule has 1 aromatic carbocycles. The molecule has 0 saturated carbocycles. The highest BCUT2D eigenvalue weighted by molar-refractivity contribution is 7.87. The fourth-order valence-corrected chi connectivity index (χ4v) is 3.24. The van der Waals surface area contributed by atoms with E-state index in [1.165, 1.54) is 20.1 Å². The molecule has 7 nitrogen and oxygen atoms in total. The van der Waals surface area contributed by atoms with E-state index >= 15 is 0 Å². The van der Waals surface area contributed by atoms with Crippen LogP contribution in [0.2, 0.25) is 0 Å². The molecule has 0 spiro atoms. The summed E-state index contributed by atoms with van der Waals surface area (Å²) in [5, 5.41) is 0. The van der Waals surface area contributed by atoms with Gasteiger partial charge in [-0.15, -0.1) is 0 Å². The van der Waals surface area contributed by atoms with Gasteiger partial charge < -0.3 is 9.47 Å². The van der Waals surface area contributed by atoms with Crippen LogP contribution in [0.15, 0.2) is 18.2 Å². The Morgan fingerprint density at radius 3 is 2.59 bits per heavy atom. The number of hydrogen-bond donors (Lipinski definition) is 1. The Kier molecular flexibility index (Phi) is 4.20. The van der Waals surface area contributed by atoms with Crippen LogP contribution in [-0.4, -0.2) is 38.7 Å². The van der Waals surface area contributed by atoms with Crippen LogP contribution >= 0.6 is 0 Å². The second-order valence-electron chi connectivity index (χ2n) is 5.77.